The van der Waals surface area contributed by atoms with Gasteiger partial charge < -0.3 is 10.1 Å². The van der Waals surface area contributed by atoms with Crippen molar-refractivity contribution in [3.05, 3.63) is 70.2 Å². The molecule has 0 spiro atoms. The molecular weight excluding hydrogens is 356 g/mol. The summed E-state index contributed by atoms with van der Waals surface area (Å²) in [5, 5.41) is 5.94. The van der Waals surface area contributed by atoms with Crippen molar-refractivity contribution in [1.29, 1.82) is 0 Å². The molecule has 0 aliphatic heterocycles. The molecule has 0 aliphatic rings. The van der Waals surface area contributed by atoms with Gasteiger partial charge in [-0.3, -0.25) is 4.79 Å². The molecule has 140 valence electrons. The Kier molecular flexibility index (Phi) is 5.91. The Morgan fingerprint density at radius 3 is 2.56 bits per heavy atom. The minimum Gasteiger partial charge on any atom is -0.496 e. The van der Waals surface area contributed by atoms with E-state index in [1.54, 1.807) is 18.4 Å². The van der Waals surface area contributed by atoms with Crippen LogP contribution in [0.5, 0.6) is 5.75 Å². The lowest BCUT2D eigenvalue weighted by atomic mass is 10.0. The molecule has 1 aromatic heterocycles. The summed E-state index contributed by atoms with van der Waals surface area (Å²) in [5.41, 5.74) is 5.20. The Hall–Kier alpha value is -2.66. The van der Waals surface area contributed by atoms with E-state index in [1.165, 1.54) is 5.56 Å². The first-order chi connectivity index (χ1) is 13.0. The number of carbonyl (C=O) groups is 1. The summed E-state index contributed by atoms with van der Waals surface area (Å²) in [4.78, 5) is 17.1. The van der Waals surface area contributed by atoms with Crippen LogP contribution in [0.25, 0.3) is 10.6 Å². The second kappa shape index (κ2) is 8.35. The van der Waals surface area contributed by atoms with Gasteiger partial charge in [-0.25, -0.2) is 4.98 Å². The van der Waals surface area contributed by atoms with Crippen LogP contribution in [-0.2, 0) is 11.2 Å². The van der Waals surface area contributed by atoms with Gasteiger partial charge in [-0.05, 0) is 26.8 Å². The molecule has 27 heavy (non-hydrogen) atoms. The Bertz CT molecular complexity index is 932. The zero-order chi connectivity index (χ0) is 19.4. The number of amides is 1. The number of benzene rings is 2. The Morgan fingerprint density at radius 2 is 1.85 bits per heavy atom. The third kappa shape index (κ3) is 4.74. The second-order valence-electron chi connectivity index (χ2n) is 6.72. The SMILES string of the molecule is COc1ccc(C)cc1C(C)NC(=O)Cc1csc(-c2ccc(C)cc2)n1. The fourth-order valence-electron chi connectivity index (χ4n) is 2.94. The molecule has 1 N–H and O–H groups in total. The Morgan fingerprint density at radius 1 is 1.15 bits per heavy atom. The lowest BCUT2D eigenvalue weighted by molar-refractivity contribution is -0.121. The van der Waals surface area contributed by atoms with E-state index in [0.717, 1.165) is 33.1 Å². The van der Waals surface area contributed by atoms with Crippen LogP contribution in [0.2, 0.25) is 0 Å². The van der Waals surface area contributed by atoms with Crippen LogP contribution >= 0.6 is 11.3 Å². The molecule has 5 heteroatoms. The highest BCUT2D eigenvalue weighted by Gasteiger charge is 2.16. The Labute approximate surface area is 164 Å². The Balaban J connectivity index is 1.66. The maximum absolute atomic E-state index is 12.5. The van der Waals surface area contributed by atoms with Gasteiger partial charge in [0.1, 0.15) is 10.8 Å². The molecule has 0 saturated carbocycles. The van der Waals surface area contributed by atoms with E-state index >= 15 is 0 Å². The zero-order valence-electron chi connectivity index (χ0n) is 16.1. The molecule has 0 aliphatic carbocycles. The number of hydrogen-bond acceptors (Lipinski definition) is 4. The molecule has 0 bridgehead atoms. The van der Waals surface area contributed by atoms with Gasteiger partial charge in [0.15, 0.2) is 0 Å². The van der Waals surface area contributed by atoms with Crippen LogP contribution in [0.3, 0.4) is 0 Å². The number of ether oxygens (including phenoxy) is 1. The zero-order valence-corrected chi connectivity index (χ0v) is 16.9. The normalized spacial score (nSPS) is 11.9. The summed E-state index contributed by atoms with van der Waals surface area (Å²) < 4.78 is 5.42. The van der Waals surface area contributed by atoms with Crippen molar-refractivity contribution in [2.75, 3.05) is 7.11 Å². The highest BCUT2D eigenvalue weighted by molar-refractivity contribution is 7.13. The van der Waals surface area contributed by atoms with Crippen molar-refractivity contribution in [3.63, 3.8) is 0 Å². The molecule has 1 unspecified atom stereocenters. The molecule has 4 nitrogen and oxygen atoms in total. The molecule has 1 atom stereocenters. The third-order valence-electron chi connectivity index (χ3n) is 4.42. The van der Waals surface area contributed by atoms with E-state index in [1.807, 2.05) is 37.4 Å². The van der Waals surface area contributed by atoms with Gasteiger partial charge in [0, 0.05) is 16.5 Å². The predicted molar refractivity (Wildman–Crippen MR) is 110 cm³/mol. The lowest BCUT2D eigenvalue weighted by Gasteiger charge is -2.17. The van der Waals surface area contributed by atoms with E-state index in [4.69, 9.17) is 4.74 Å². The number of nitrogens with zero attached hydrogens (tertiary/aromatic N) is 1. The minimum atomic E-state index is -0.137. The predicted octanol–water partition coefficient (Wildman–Crippen LogP) is 4.86. The van der Waals surface area contributed by atoms with Gasteiger partial charge >= 0.3 is 0 Å². The highest BCUT2D eigenvalue weighted by Crippen LogP contribution is 2.27. The van der Waals surface area contributed by atoms with Crippen molar-refractivity contribution in [1.82, 2.24) is 10.3 Å². The van der Waals surface area contributed by atoms with Crippen LogP contribution in [0, 0.1) is 13.8 Å². The topological polar surface area (TPSA) is 51.2 Å². The monoisotopic (exact) mass is 380 g/mol. The fraction of sp³-hybridized carbons (Fsp3) is 0.273. The minimum absolute atomic E-state index is 0.0492. The summed E-state index contributed by atoms with van der Waals surface area (Å²) in [6.07, 6.45) is 0.265. The van der Waals surface area contributed by atoms with Crippen molar-refractivity contribution >= 4 is 17.2 Å². The van der Waals surface area contributed by atoms with Crippen molar-refractivity contribution < 1.29 is 9.53 Å². The number of hydrogen-bond donors (Lipinski definition) is 1. The molecule has 1 heterocycles. The van der Waals surface area contributed by atoms with Crippen LogP contribution in [0.4, 0.5) is 0 Å². The maximum atomic E-state index is 12.5. The largest absolute Gasteiger partial charge is 0.496 e. The number of methoxy groups -OCH3 is 1. The van der Waals surface area contributed by atoms with Gasteiger partial charge in [0.2, 0.25) is 5.91 Å². The molecule has 0 saturated heterocycles. The maximum Gasteiger partial charge on any atom is 0.226 e. The first-order valence-corrected chi connectivity index (χ1v) is 9.79. The van der Waals surface area contributed by atoms with E-state index in [-0.39, 0.29) is 18.4 Å². The van der Waals surface area contributed by atoms with Crippen LogP contribution in [0.15, 0.2) is 47.8 Å². The lowest BCUT2D eigenvalue weighted by Crippen LogP contribution is -2.28. The molecular formula is C22H24N2O2S. The molecule has 3 rings (SSSR count). The summed E-state index contributed by atoms with van der Waals surface area (Å²) in [6, 6.07) is 14.1. The van der Waals surface area contributed by atoms with Crippen LogP contribution in [0.1, 0.15) is 35.3 Å². The summed E-state index contributed by atoms with van der Waals surface area (Å²) in [7, 11) is 1.64. The number of aromatic nitrogens is 1. The van der Waals surface area contributed by atoms with Crippen molar-refractivity contribution in [2.24, 2.45) is 0 Å². The van der Waals surface area contributed by atoms with Crippen LogP contribution in [-0.4, -0.2) is 18.0 Å². The van der Waals surface area contributed by atoms with E-state index < -0.39 is 0 Å². The molecule has 3 aromatic rings. The first-order valence-electron chi connectivity index (χ1n) is 8.91. The van der Waals surface area contributed by atoms with Crippen molar-refractivity contribution in [2.45, 2.75) is 33.2 Å². The average Bonchev–Trinajstić information content (AvgIpc) is 3.10. The van der Waals surface area contributed by atoms with E-state index in [9.17, 15) is 4.79 Å². The first kappa shape index (κ1) is 19.1. The average molecular weight is 381 g/mol. The molecule has 0 radical (unpaired) electrons. The number of thiazole rings is 1. The van der Waals surface area contributed by atoms with Gasteiger partial charge in [0.05, 0.1) is 25.3 Å². The molecule has 1 amide bonds. The van der Waals surface area contributed by atoms with Gasteiger partial charge in [-0.2, -0.15) is 0 Å². The highest BCUT2D eigenvalue weighted by atomic mass is 32.1. The van der Waals surface area contributed by atoms with Gasteiger partial charge in [-0.15, -0.1) is 11.3 Å². The van der Waals surface area contributed by atoms with Crippen molar-refractivity contribution in [3.8, 4) is 16.3 Å². The number of rotatable bonds is 6. The standard InChI is InChI=1S/C22H24N2O2S/c1-14-5-8-17(9-6-14)22-24-18(13-27-22)12-21(25)23-16(3)19-11-15(2)7-10-20(19)26-4/h5-11,13,16H,12H2,1-4H3,(H,23,25). The quantitative estimate of drug-likeness (QED) is 0.665. The summed E-state index contributed by atoms with van der Waals surface area (Å²) in [6.45, 7) is 6.05. The smallest absolute Gasteiger partial charge is 0.226 e. The third-order valence-corrected chi connectivity index (χ3v) is 5.36. The summed E-state index contributed by atoms with van der Waals surface area (Å²) in [5.74, 6) is 0.732. The fourth-order valence-corrected chi connectivity index (χ4v) is 3.77. The van der Waals surface area contributed by atoms with E-state index in [0.29, 0.717) is 0 Å². The van der Waals surface area contributed by atoms with Gasteiger partial charge in [-0.1, -0.05) is 47.5 Å². The second-order valence-corrected chi connectivity index (χ2v) is 7.58. The molecule has 2 aromatic carbocycles. The van der Waals surface area contributed by atoms with Crippen LogP contribution < -0.4 is 10.1 Å². The number of nitrogens with one attached hydrogen (secondary N) is 1. The molecule has 0 fully saturated rings. The number of carbonyl (C=O) groups excluding carboxylic acids is 1. The van der Waals surface area contributed by atoms with E-state index in [2.05, 4.69) is 41.5 Å². The summed E-state index contributed by atoms with van der Waals surface area (Å²) >= 11 is 1.56. The van der Waals surface area contributed by atoms with Gasteiger partial charge in [0.25, 0.3) is 0 Å². The number of aryl methyl sites for hydroxylation is 2.